The van der Waals surface area contributed by atoms with Gasteiger partial charge in [0.15, 0.2) is 23.2 Å². The van der Waals surface area contributed by atoms with Gasteiger partial charge in [-0.15, -0.1) is 0 Å². The minimum atomic E-state index is -1.23. The fraction of sp³-hybridized carbons (Fsp3) is 0.391. The molecule has 0 saturated carbocycles. The molecule has 2 aliphatic rings. The van der Waals surface area contributed by atoms with E-state index in [2.05, 4.69) is 5.16 Å². The predicted octanol–water partition coefficient (Wildman–Crippen LogP) is 4.01. The summed E-state index contributed by atoms with van der Waals surface area (Å²) < 4.78 is 45.4. The molecule has 2 aliphatic heterocycles. The van der Waals surface area contributed by atoms with Crippen molar-refractivity contribution in [1.82, 2.24) is 5.16 Å². The number of ether oxygens (including phenoxy) is 2. The van der Waals surface area contributed by atoms with Crippen molar-refractivity contribution in [2.24, 2.45) is 0 Å². The first kappa shape index (κ1) is 24.2. The highest BCUT2D eigenvalue weighted by Gasteiger charge is 2.38. The number of carbonyl (C=O) groups is 3. The highest BCUT2D eigenvalue weighted by Crippen LogP contribution is 2.33. The largest absolute Gasteiger partial charge is 0.443 e. The van der Waals surface area contributed by atoms with Gasteiger partial charge in [-0.25, -0.2) is 18.4 Å². The summed E-state index contributed by atoms with van der Waals surface area (Å²) in [6.45, 7) is 4.99. The van der Waals surface area contributed by atoms with Crippen LogP contribution in [0, 0.1) is 11.6 Å². The molecule has 2 amide bonds. The number of allylic oxidation sites excluding steroid dienone is 1. The van der Waals surface area contributed by atoms with Gasteiger partial charge in [0.1, 0.15) is 18.0 Å². The van der Waals surface area contributed by atoms with Crippen LogP contribution in [0.2, 0.25) is 0 Å². The molecular formula is C23H24F2N4O6. The Labute approximate surface area is 199 Å². The lowest BCUT2D eigenvalue weighted by atomic mass is 10.1. The summed E-state index contributed by atoms with van der Waals surface area (Å²) in [4.78, 5) is 40.1. The first-order valence-corrected chi connectivity index (χ1v) is 10.9. The molecule has 0 spiro atoms. The number of halogens is 2. The Kier molecular flexibility index (Phi) is 6.46. The molecule has 0 unspecified atom stereocenters. The SMILES string of the molecule is CC(C)(C)OC(=O)N(C[C@H]1CN(c2ccc(N3C=CC(=O)CC3)c(F)c2F)C(=O)O1)c1ccon1. The molecule has 1 saturated heterocycles. The topological polar surface area (TPSA) is 105 Å². The van der Waals surface area contributed by atoms with Crippen molar-refractivity contribution in [1.29, 1.82) is 0 Å². The minimum absolute atomic E-state index is 0.0544. The van der Waals surface area contributed by atoms with Crippen molar-refractivity contribution >= 4 is 35.2 Å². The number of hydrogen-bond donors (Lipinski definition) is 0. The van der Waals surface area contributed by atoms with Crippen molar-refractivity contribution < 1.29 is 37.2 Å². The summed E-state index contributed by atoms with van der Waals surface area (Å²) in [6.07, 6.45) is 1.61. The number of carbonyl (C=O) groups excluding carboxylic acids is 3. The van der Waals surface area contributed by atoms with Crippen molar-refractivity contribution in [2.45, 2.75) is 38.9 Å². The van der Waals surface area contributed by atoms with Crippen LogP contribution < -0.4 is 14.7 Å². The minimum Gasteiger partial charge on any atom is -0.443 e. The third-order valence-corrected chi connectivity index (χ3v) is 5.26. The Morgan fingerprint density at radius 1 is 1.20 bits per heavy atom. The Morgan fingerprint density at radius 2 is 1.91 bits per heavy atom. The van der Waals surface area contributed by atoms with E-state index in [1.165, 1.54) is 41.6 Å². The Balaban J connectivity index is 1.52. The second kappa shape index (κ2) is 9.35. The van der Waals surface area contributed by atoms with Gasteiger partial charge in [0.25, 0.3) is 0 Å². The molecule has 1 aromatic carbocycles. The predicted molar refractivity (Wildman–Crippen MR) is 120 cm³/mol. The summed E-state index contributed by atoms with van der Waals surface area (Å²) in [5, 5.41) is 3.75. The normalized spacial score (nSPS) is 18.1. The molecule has 186 valence electrons. The van der Waals surface area contributed by atoms with Gasteiger partial charge in [-0.1, -0.05) is 5.16 Å². The fourth-order valence-corrected chi connectivity index (χ4v) is 3.66. The number of anilines is 3. The number of cyclic esters (lactones) is 1. The Morgan fingerprint density at radius 3 is 2.54 bits per heavy atom. The van der Waals surface area contributed by atoms with Gasteiger partial charge in [0.2, 0.25) is 0 Å². The summed E-state index contributed by atoms with van der Waals surface area (Å²) in [5.41, 5.74) is -1.15. The van der Waals surface area contributed by atoms with E-state index < -0.39 is 35.5 Å². The van der Waals surface area contributed by atoms with E-state index in [0.29, 0.717) is 0 Å². The lowest BCUT2D eigenvalue weighted by molar-refractivity contribution is -0.114. The van der Waals surface area contributed by atoms with Crippen LogP contribution in [0.15, 0.2) is 41.3 Å². The highest BCUT2D eigenvalue weighted by molar-refractivity contribution is 5.93. The quantitative estimate of drug-likeness (QED) is 0.619. The first-order valence-electron chi connectivity index (χ1n) is 10.9. The summed E-state index contributed by atoms with van der Waals surface area (Å²) in [7, 11) is 0. The van der Waals surface area contributed by atoms with Gasteiger partial charge in [-0.2, -0.15) is 0 Å². The third kappa shape index (κ3) is 5.26. The molecule has 1 fully saturated rings. The number of hydrogen-bond acceptors (Lipinski definition) is 8. The molecule has 3 heterocycles. The molecule has 0 radical (unpaired) electrons. The molecule has 4 rings (SSSR count). The summed E-state index contributed by atoms with van der Waals surface area (Å²) >= 11 is 0. The summed E-state index contributed by atoms with van der Waals surface area (Å²) in [5.74, 6) is -2.35. The molecule has 12 heteroatoms. The average Bonchev–Trinajstić information content (AvgIpc) is 3.43. The molecule has 1 atom stereocenters. The van der Waals surface area contributed by atoms with Crippen molar-refractivity contribution in [2.75, 3.05) is 34.3 Å². The van der Waals surface area contributed by atoms with Gasteiger partial charge in [-0.05, 0) is 39.0 Å². The van der Waals surface area contributed by atoms with E-state index in [0.717, 1.165) is 9.80 Å². The number of aromatic nitrogens is 1. The van der Waals surface area contributed by atoms with Gasteiger partial charge >= 0.3 is 12.2 Å². The molecule has 1 aromatic heterocycles. The van der Waals surface area contributed by atoms with Crippen LogP contribution in [-0.4, -0.2) is 54.5 Å². The zero-order valence-corrected chi connectivity index (χ0v) is 19.4. The van der Waals surface area contributed by atoms with Crippen LogP contribution in [0.3, 0.4) is 0 Å². The fourth-order valence-electron chi connectivity index (χ4n) is 3.66. The van der Waals surface area contributed by atoms with E-state index in [1.54, 1.807) is 20.8 Å². The second-order valence-electron chi connectivity index (χ2n) is 9.02. The standard InChI is InChI=1S/C23H24F2N4O6/c1-23(2,3)35-22(32)29(18-8-11-33-26-18)13-15-12-28(21(31)34-15)17-5-4-16(19(24)20(17)25)27-9-6-14(30)7-10-27/h4-6,8-9,11,15H,7,10,12-13H2,1-3H3/t15-/m1/s1. The molecule has 0 bridgehead atoms. The smallest absolute Gasteiger partial charge is 0.416 e. The van der Waals surface area contributed by atoms with Gasteiger partial charge in [-0.3, -0.25) is 14.6 Å². The van der Waals surface area contributed by atoms with E-state index >= 15 is 0 Å². The highest BCUT2D eigenvalue weighted by atomic mass is 19.2. The maximum atomic E-state index is 15.0. The molecule has 0 N–H and O–H groups in total. The van der Waals surface area contributed by atoms with Gasteiger partial charge < -0.3 is 18.9 Å². The van der Waals surface area contributed by atoms with E-state index in [-0.39, 0.29) is 49.0 Å². The number of rotatable bonds is 5. The number of amides is 2. The second-order valence-corrected chi connectivity index (χ2v) is 9.02. The molecule has 0 aliphatic carbocycles. The van der Waals surface area contributed by atoms with Crippen molar-refractivity contribution in [3.63, 3.8) is 0 Å². The van der Waals surface area contributed by atoms with E-state index in [9.17, 15) is 23.2 Å². The number of nitrogens with zero attached hydrogens (tertiary/aromatic N) is 4. The van der Waals surface area contributed by atoms with Gasteiger partial charge in [0.05, 0.1) is 24.5 Å². The van der Waals surface area contributed by atoms with Crippen LogP contribution >= 0.6 is 0 Å². The van der Waals surface area contributed by atoms with Crippen molar-refractivity contribution in [3.8, 4) is 0 Å². The zero-order chi connectivity index (χ0) is 25.3. The van der Waals surface area contributed by atoms with E-state index in [1.807, 2.05) is 0 Å². The molecule has 35 heavy (non-hydrogen) atoms. The molecular weight excluding hydrogens is 466 g/mol. The third-order valence-electron chi connectivity index (χ3n) is 5.26. The molecule has 10 nitrogen and oxygen atoms in total. The molecule has 2 aromatic rings. The Bertz CT molecular complexity index is 1160. The van der Waals surface area contributed by atoms with E-state index in [4.69, 9.17) is 14.0 Å². The van der Waals surface area contributed by atoms with Crippen LogP contribution in [-0.2, 0) is 14.3 Å². The van der Waals surface area contributed by atoms with Crippen LogP contribution in [0.25, 0.3) is 0 Å². The maximum absolute atomic E-state index is 15.0. The maximum Gasteiger partial charge on any atom is 0.416 e. The average molecular weight is 490 g/mol. The van der Waals surface area contributed by atoms with Gasteiger partial charge in [0, 0.05) is 25.2 Å². The summed E-state index contributed by atoms with van der Waals surface area (Å²) in [6, 6.07) is 4.04. The zero-order valence-electron chi connectivity index (χ0n) is 19.4. The first-order chi connectivity index (χ1) is 16.5. The monoisotopic (exact) mass is 490 g/mol. The number of ketones is 1. The lowest BCUT2D eigenvalue weighted by Crippen LogP contribution is -2.42. The Hall–Kier alpha value is -3.96. The van der Waals surface area contributed by atoms with Crippen LogP contribution in [0.4, 0.5) is 35.6 Å². The van der Waals surface area contributed by atoms with Crippen molar-refractivity contribution in [3.05, 3.63) is 48.4 Å². The number of benzene rings is 1. The lowest BCUT2D eigenvalue weighted by Gasteiger charge is -2.27. The van der Waals surface area contributed by atoms with Crippen LogP contribution in [0.1, 0.15) is 27.2 Å². The van der Waals surface area contributed by atoms with Crippen LogP contribution in [0.5, 0.6) is 0 Å².